The molecule has 0 spiro atoms. The number of hydrogen-bond donors (Lipinski definition) is 1. The number of para-hydroxylation sites is 1. The SMILES string of the molecule is CC1CNCCN1c1ccncc1-c1ccnc2c1c1ccccc1n2S(=O)(=O)c1ccccc1. The lowest BCUT2D eigenvalue weighted by atomic mass is 10.00. The first-order valence-corrected chi connectivity index (χ1v) is 13.1. The van der Waals surface area contributed by atoms with Gasteiger partial charge in [-0.3, -0.25) is 4.98 Å². The van der Waals surface area contributed by atoms with E-state index in [0.29, 0.717) is 17.2 Å². The Bertz CT molecular complexity index is 1650. The molecule has 35 heavy (non-hydrogen) atoms. The van der Waals surface area contributed by atoms with E-state index < -0.39 is 10.0 Å². The lowest BCUT2D eigenvalue weighted by Crippen LogP contribution is -2.50. The molecule has 4 heterocycles. The quantitative estimate of drug-likeness (QED) is 0.411. The molecule has 1 aliphatic heterocycles. The molecule has 0 saturated carbocycles. The first kappa shape index (κ1) is 21.8. The normalized spacial score (nSPS) is 16.7. The van der Waals surface area contributed by atoms with Gasteiger partial charge in [-0.15, -0.1) is 0 Å². The van der Waals surface area contributed by atoms with Crippen LogP contribution in [0.3, 0.4) is 0 Å². The minimum Gasteiger partial charge on any atom is -0.366 e. The van der Waals surface area contributed by atoms with Crippen molar-refractivity contribution in [3.05, 3.63) is 85.3 Å². The smallest absolute Gasteiger partial charge is 0.269 e. The minimum absolute atomic E-state index is 0.228. The Hall–Kier alpha value is -3.75. The fraction of sp³-hybridized carbons (Fsp3) is 0.185. The van der Waals surface area contributed by atoms with Crippen LogP contribution in [0.15, 0.2) is 90.2 Å². The number of nitrogens with one attached hydrogen (secondary N) is 1. The highest BCUT2D eigenvalue weighted by Gasteiger charge is 2.27. The van der Waals surface area contributed by atoms with Gasteiger partial charge >= 0.3 is 0 Å². The molecule has 1 N–H and O–H groups in total. The van der Waals surface area contributed by atoms with Gasteiger partial charge in [0, 0.05) is 66.3 Å². The first-order valence-electron chi connectivity index (χ1n) is 11.7. The fourth-order valence-electron chi connectivity index (χ4n) is 5.06. The van der Waals surface area contributed by atoms with Crippen molar-refractivity contribution >= 4 is 37.6 Å². The minimum atomic E-state index is -3.87. The Labute approximate surface area is 204 Å². The Morgan fingerprint density at radius 2 is 1.74 bits per heavy atom. The molecule has 2 aromatic carbocycles. The average molecular weight is 484 g/mol. The van der Waals surface area contributed by atoms with Gasteiger partial charge in [-0.25, -0.2) is 17.4 Å². The van der Waals surface area contributed by atoms with E-state index in [-0.39, 0.29) is 4.90 Å². The third-order valence-electron chi connectivity index (χ3n) is 6.70. The van der Waals surface area contributed by atoms with Crippen LogP contribution in [0.2, 0.25) is 0 Å². The molecular weight excluding hydrogens is 458 g/mol. The molecule has 1 atom stereocenters. The van der Waals surface area contributed by atoms with Crippen molar-refractivity contribution in [3.8, 4) is 11.1 Å². The van der Waals surface area contributed by atoms with Crippen molar-refractivity contribution in [1.29, 1.82) is 0 Å². The van der Waals surface area contributed by atoms with E-state index >= 15 is 0 Å². The van der Waals surface area contributed by atoms with Gasteiger partial charge in [-0.2, -0.15) is 0 Å². The monoisotopic (exact) mass is 483 g/mol. The van der Waals surface area contributed by atoms with Crippen LogP contribution < -0.4 is 10.2 Å². The largest absolute Gasteiger partial charge is 0.366 e. The van der Waals surface area contributed by atoms with Crippen LogP contribution in [-0.4, -0.2) is 48.0 Å². The van der Waals surface area contributed by atoms with Gasteiger partial charge < -0.3 is 10.2 Å². The van der Waals surface area contributed by atoms with E-state index in [1.807, 2.05) is 54.9 Å². The zero-order valence-corrected chi connectivity index (χ0v) is 20.1. The van der Waals surface area contributed by atoms with Gasteiger partial charge in [0.25, 0.3) is 10.0 Å². The van der Waals surface area contributed by atoms with Crippen LogP contribution in [0.25, 0.3) is 33.1 Å². The molecule has 1 fully saturated rings. The van der Waals surface area contributed by atoms with Crippen molar-refractivity contribution < 1.29 is 8.42 Å². The van der Waals surface area contributed by atoms with E-state index in [9.17, 15) is 8.42 Å². The summed E-state index contributed by atoms with van der Waals surface area (Å²) >= 11 is 0. The summed E-state index contributed by atoms with van der Waals surface area (Å²) in [5, 5.41) is 5.09. The summed E-state index contributed by atoms with van der Waals surface area (Å²) in [5.74, 6) is 0. The zero-order chi connectivity index (χ0) is 24.0. The molecular formula is C27H25N5O2S. The summed E-state index contributed by atoms with van der Waals surface area (Å²) in [7, 11) is -3.87. The van der Waals surface area contributed by atoms with Gasteiger partial charge in [0.05, 0.1) is 10.4 Å². The highest BCUT2D eigenvalue weighted by atomic mass is 32.2. The summed E-state index contributed by atoms with van der Waals surface area (Å²) in [6.45, 7) is 4.90. The second-order valence-electron chi connectivity index (χ2n) is 8.80. The molecule has 3 aromatic heterocycles. The number of piperazine rings is 1. The molecule has 1 saturated heterocycles. The summed E-state index contributed by atoms with van der Waals surface area (Å²) in [6, 6.07) is 20.4. The third-order valence-corrected chi connectivity index (χ3v) is 8.41. The molecule has 1 aliphatic rings. The molecule has 0 bridgehead atoms. The van der Waals surface area contributed by atoms with Crippen LogP contribution in [0, 0.1) is 0 Å². The van der Waals surface area contributed by atoms with E-state index in [2.05, 4.69) is 27.1 Å². The van der Waals surface area contributed by atoms with E-state index in [1.165, 1.54) is 3.97 Å². The number of benzene rings is 2. The average Bonchev–Trinajstić information content (AvgIpc) is 3.25. The predicted octanol–water partition coefficient (Wildman–Crippen LogP) is 4.29. The molecule has 0 aliphatic carbocycles. The second kappa shape index (κ2) is 8.48. The molecule has 7 nitrogen and oxygen atoms in total. The number of nitrogens with zero attached hydrogens (tertiary/aromatic N) is 4. The van der Waals surface area contributed by atoms with Gasteiger partial charge in [0.2, 0.25) is 0 Å². The van der Waals surface area contributed by atoms with E-state index in [0.717, 1.165) is 47.2 Å². The maximum atomic E-state index is 13.8. The van der Waals surface area contributed by atoms with Crippen molar-refractivity contribution in [2.24, 2.45) is 0 Å². The Morgan fingerprint density at radius 3 is 2.57 bits per heavy atom. The molecule has 1 unspecified atom stereocenters. The number of anilines is 1. The number of fused-ring (bicyclic) bond motifs is 3. The third kappa shape index (κ3) is 3.48. The van der Waals surface area contributed by atoms with Crippen LogP contribution >= 0.6 is 0 Å². The van der Waals surface area contributed by atoms with Gasteiger partial charge in [0.15, 0.2) is 5.65 Å². The lowest BCUT2D eigenvalue weighted by Gasteiger charge is -2.37. The number of rotatable bonds is 4. The van der Waals surface area contributed by atoms with Crippen LogP contribution in [0.1, 0.15) is 6.92 Å². The Kier molecular flexibility index (Phi) is 5.27. The maximum Gasteiger partial charge on any atom is 0.269 e. The molecule has 0 amide bonds. The van der Waals surface area contributed by atoms with Crippen molar-refractivity contribution in [2.75, 3.05) is 24.5 Å². The molecule has 0 radical (unpaired) electrons. The molecule has 6 rings (SSSR count). The van der Waals surface area contributed by atoms with Gasteiger partial charge in [0.1, 0.15) is 0 Å². The highest BCUT2D eigenvalue weighted by molar-refractivity contribution is 7.90. The maximum absolute atomic E-state index is 13.8. The Morgan fingerprint density at radius 1 is 0.943 bits per heavy atom. The molecule has 176 valence electrons. The second-order valence-corrected chi connectivity index (χ2v) is 10.6. The molecule has 8 heteroatoms. The predicted molar refractivity (Wildman–Crippen MR) is 139 cm³/mol. The lowest BCUT2D eigenvalue weighted by molar-refractivity contribution is 0.501. The highest BCUT2D eigenvalue weighted by Crippen LogP contribution is 2.40. The number of hydrogen-bond acceptors (Lipinski definition) is 6. The van der Waals surface area contributed by atoms with Gasteiger partial charge in [-0.05, 0) is 42.8 Å². The standard InChI is InChI=1S/C27H25N5O2S/c1-19-17-29-15-16-31(19)24-12-13-28-18-23(24)21-11-14-30-27-26(21)22-9-5-6-10-25(22)32(27)35(33,34)20-7-3-2-4-8-20/h2-14,18-19,29H,15-17H2,1H3. The van der Waals surface area contributed by atoms with E-state index in [4.69, 9.17) is 0 Å². The molecule has 5 aromatic rings. The summed E-state index contributed by atoms with van der Waals surface area (Å²) < 4.78 is 29.0. The topological polar surface area (TPSA) is 80.1 Å². The van der Waals surface area contributed by atoms with E-state index in [1.54, 1.807) is 30.5 Å². The number of aromatic nitrogens is 3. The van der Waals surface area contributed by atoms with Crippen molar-refractivity contribution in [1.82, 2.24) is 19.3 Å². The van der Waals surface area contributed by atoms with Crippen LogP contribution in [0.4, 0.5) is 5.69 Å². The first-order chi connectivity index (χ1) is 17.1. The summed E-state index contributed by atoms with van der Waals surface area (Å²) in [4.78, 5) is 11.7. The van der Waals surface area contributed by atoms with Crippen molar-refractivity contribution in [2.45, 2.75) is 17.9 Å². The van der Waals surface area contributed by atoms with Crippen LogP contribution in [-0.2, 0) is 10.0 Å². The summed E-state index contributed by atoms with van der Waals surface area (Å²) in [6.07, 6.45) is 5.37. The zero-order valence-electron chi connectivity index (χ0n) is 19.3. The van der Waals surface area contributed by atoms with Gasteiger partial charge in [-0.1, -0.05) is 36.4 Å². The van der Waals surface area contributed by atoms with Crippen LogP contribution in [0.5, 0.6) is 0 Å². The summed E-state index contributed by atoms with van der Waals surface area (Å²) in [5.41, 5.74) is 3.99. The Balaban J connectivity index is 1.66. The number of pyridine rings is 2. The van der Waals surface area contributed by atoms with Crippen molar-refractivity contribution in [3.63, 3.8) is 0 Å². The fourth-order valence-corrected chi connectivity index (χ4v) is 6.55.